The summed E-state index contributed by atoms with van der Waals surface area (Å²) in [5.74, 6) is 1.33. The number of likely N-dealkylation sites (tertiary alicyclic amines) is 1. The monoisotopic (exact) mass is 382 g/mol. The van der Waals surface area contributed by atoms with Crippen LogP contribution in [0.15, 0.2) is 34.9 Å². The molecule has 4 heterocycles. The zero-order chi connectivity index (χ0) is 19.7. The molecule has 4 rings (SSSR count). The van der Waals surface area contributed by atoms with Crippen LogP contribution in [0.5, 0.6) is 0 Å². The largest absolute Gasteiger partial charge is 0.456 e. The Hall–Kier alpha value is -3.23. The Morgan fingerprint density at radius 3 is 2.75 bits per heavy atom. The lowest BCUT2D eigenvalue weighted by Crippen LogP contribution is -2.42. The second-order valence-electron chi connectivity index (χ2n) is 7.23. The molecule has 0 atom stereocenters. The Bertz CT molecular complexity index is 1000. The molecule has 1 aliphatic heterocycles. The van der Waals surface area contributed by atoms with Crippen molar-refractivity contribution in [3.05, 3.63) is 47.5 Å². The fourth-order valence-electron chi connectivity index (χ4n) is 3.58. The van der Waals surface area contributed by atoms with Crippen LogP contribution < -0.4 is 0 Å². The molecule has 3 aromatic heterocycles. The van der Waals surface area contributed by atoms with Crippen molar-refractivity contribution in [2.75, 3.05) is 26.7 Å². The third kappa shape index (κ3) is 3.60. The van der Waals surface area contributed by atoms with Gasteiger partial charge < -0.3 is 14.2 Å². The highest BCUT2D eigenvalue weighted by Gasteiger charge is 2.26. The van der Waals surface area contributed by atoms with Gasteiger partial charge in [0.15, 0.2) is 11.4 Å². The number of carbonyl (C=O) groups excluding carboxylic acids is 2. The van der Waals surface area contributed by atoms with E-state index < -0.39 is 0 Å². The Morgan fingerprint density at radius 1 is 1.25 bits per heavy atom. The summed E-state index contributed by atoms with van der Waals surface area (Å²) in [5.41, 5.74) is 1.13. The number of aryl methyl sites for hydroxylation is 1. The molecule has 28 heavy (non-hydrogen) atoms. The number of hydrogen-bond acceptors (Lipinski definition) is 6. The molecule has 0 unspecified atom stereocenters. The van der Waals surface area contributed by atoms with Gasteiger partial charge in [-0.25, -0.2) is 4.52 Å². The minimum atomic E-state index is -0.109. The summed E-state index contributed by atoms with van der Waals surface area (Å²) in [6, 6.07) is 6.93. The van der Waals surface area contributed by atoms with Gasteiger partial charge in [-0.2, -0.15) is 0 Å². The van der Waals surface area contributed by atoms with Crippen molar-refractivity contribution >= 4 is 17.5 Å². The van der Waals surface area contributed by atoms with Crippen LogP contribution in [0.1, 0.15) is 39.5 Å². The molecule has 0 saturated carbocycles. The second-order valence-corrected chi connectivity index (χ2v) is 7.23. The Balaban J connectivity index is 1.32. The van der Waals surface area contributed by atoms with E-state index in [1.807, 2.05) is 11.8 Å². The van der Waals surface area contributed by atoms with Gasteiger partial charge in [0, 0.05) is 38.4 Å². The lowest BCUT2D eigenvalue weighted by molar-refractivity contribution is 0.0623. The average Bonchev–Trinajstić information content (AvgIpc) is 3.35. The summed E-state index contributed by atoms with van der Waals surface area (Å²) >= 11 is 0. The highest BCUT2D eigenvalue weighted by atomic mass is 16.3. The lowest BCUT2D eigenvalue weighted by Gasteiger charge is -2.33. The number of carbonyl (C=O) groups is 2. The first-order valence-electron chi connectivity index (χ1n) is 9.30. The zero-order valence-corrected chi connectivity index (χ0v) is 15.9. The maximum Gasteiger partial charge on any atom is 0.289 e. The van der Waals surface area contributed by atoms with Crippen LogP contribution in [0.4, 0.5) is 0 Å². The van der Waals surface area contributed by atoms with E-state index in [-0.39, 0.29) is 11.8 Å². The number of pyridine rings is 1. The lowest BCUT2D eigenvalue weighted by atomic mass is 9.95. The third-order valence-corrected chi connectivity index (χ3v) is 5.18. The molecule has 9 heteroatoms. The molecular formula is C19H22N6O3. The van der Waals surface area contributed by atoms with Gasteiger partial charge in [-0.1, -0.05) is 0 Å². The number of piperidine rings is 1. The predicted molar refractivity (Wildman–Crippen MR) is 99.8 cm³/mol. The molecule has 1 aliphatic rings. The third-order valence-electron chi connectivity index (χ3n) is 5.18. The van der Waals surface area contributed by atoms with Crippen molar-refractivity contribution < 1.29 is 14.0 Å². The number of aromatic nitrogens is 4. The zero-order valence-electron chi connectivity index (χ0n) is 15.9. The molecular weight excluding hydrogens is 360 g/mol. The molecule has 2 amide bonds. The van der Waals surface area contributed by atoms with Crippen molar-refractivity contribution in [2.45, 2.75) is 19.8 Å². The number of nitrogens with zero attached hydrogens (tertiary/aromatic N) is 6. The van der Waals surface area contributed by atoms with E-state index in [0.717, 1.165) is 18.6 Å². The normalized spacial score (nSPS) is 15.1. The number of rotatable bonds is 4. The van der Waals surface area contributed by atoms with Crippen LogP contribution in [0, 0.1) is 12.8 Å². The molecule has 1 saturated heterocycles. The first-order chi connectivity index (χ1) is 13.5. The van der Waals surface area contributed by atoms with Crippen LogP contribution >= 0.6 is 0 Å². The first kappa shape index (κ1) is 18.1. The molecule has 0 aromatic carbocycles. The van der Waals surface area contributed by atoms with Gasteiger partial charge >= 0.3 is 0 Å². The summed E-state index contributed by atoms with van der Waals surface area (Å²) in [6.45, 7) is 3.81. The van der Waals surface area contributed by atoms with E-state index in [2.05, 4.69) is 15.5 Å². The van der Waals surface area contributed by atoms with Crippen LogP contribution in [0.25, 0.3) is 5.65 Å². The number of furan rings is 1. The Morgan fingerprint density at radius 2 is 2.04 bits per heavy atom. The predicted octanol–water partition coefficient (Wildman–Crippen LogP) is 1.65. The molecule has 0 radical (unpaired) electrons. The fourth-order valence-corrected chi connectivity index (χ4v) is 3.58. The van der Waals surface area contributed by atoms with E-state index in [9.17, 15) is 9.59 Å². The number of tetrazole rings is 1. The van der Waals surface area contributed by atoms with Gasteiger partial charge in [-0.05, 0) is 60.4 Å². The minimum absolute atomic E-state index is 0.0144. The topological polar surface area (TPSA) is 96.8 Å². The van der Waals surface area contributed by atoms with Crippen molar-refractivity contribution in [2.24, 2.45) is 5.92 Å². The molecule has 0 spiro atoms. The summed E-state index contributed by atoms with van der Waals surface area (Å²) in [6.07, 6.45) is 3.40. The molecule has 0 aliphatic carbocycles. The van der Waals surface area contributed by atoms with Crippen LogP contribution in [-0.2, 0) is 0 Å². The van der Waals surface area contributed by atoms with Crippen molar-refractivity contribution in [3.8, 4) is 0 Å². The minimum Gasteiger partial charge on any atom is -0.456 e. The molecule has 0 bridgehead atoms. The Labute approximate surface area is 161 Å². The van der Waals surface area contributed by atoms with Gasteiger partial charge in [0.05, 0.1) is 0 Å². The standard InChI is InChI=1S/C19H22N6O3/c1-13-3-4-16(28-13)19(27)23(2)12-14-5-8-24(9-6-14)18(26)15-7-10-25-17(11-15)20-21-22-25/h3-4,7,10-11,14H,5-6,8-9,12H2,1-2H3. The van der Waals surface area contributed by atoms with Gasteiger partial charge in [0.25, 0.3) is 11.8 Å². The number of fused-ring (bicyclic) bond motifs is 1. The highest BCUT2D eigenvalue weighted by Crippen LogP contribution is 2.21. The summed E-state index contributed by atoms with van der Waals surface area (Å²) in [4.78, 5) is 28.7. The summed E-state index contributed by atoms with van der Waals surface area (Å²) < 4.78 is 6.94. The van der Waals surface area contributed by atoms with E-state index in [4.69, 9.17) is 4.42 Å². The van der Waals surface area contributed by atoms with Gasteiger partial charge in [0.2, 0.25) is 0 Å². The number of hydrogen-bond donors (Lipinski definition) is 0. The molecule has 9 nitrogen and oxygen atoms in total. The quantitative estimate of drug-likeness (QED) is 0.681. The highest BCUT2D eigenvalue weighted by molar-refractivity contribution is 5.95. The molecule has 0 N–H and O–H groups in total. The van der Waals surface area contributed by atoms with Crippen LogP contribution in [0.2, 0.25) is 0 Å². The van der Waals surface area contributed by atoms with E-state index >= 15 is 0 Å². The van der Waals surface area contributed by atoms with Gasteiger partial charge in [-0.3, -0.25) is 9.59 Å². The molecule has 1 fully saturated rings. The summed E-state index contributed by atoms with van der Waals surface area (Å²) in [7, 11) is 1.79. The average molecular weight is 382 g/mol. The Kier molecular flexibility index (Phi) is 4.81. The van der Waals surface area contributed by atoms with E-state index in [0.29, 0.717) is 42.5 Å². The van der Waals surface area contributed by atoms with Crippen LogP contribution in [0.3, 0.4) is 0 Å². The van der Waals surface area contributed by atoms with Crippen molar-refractivity contribution in [3.63, 3.8) is 0 Å². The first-order valence-corrected chi connectivity index (χ1v) is 9.30. The SMILES string of the molecule is Cc1ccc(C(=O)N(C)CC2CCN(C(=O)c3ccn4nnnc4c3)CC2)o1. The number of amides is 2. The second kappa shape index (κ2) is 7.41. The van der Waals surface area contributed by atoms with Gasteiger partial charge in [0.1, 0.15) is 5.76 Å². The van der Waals surface area contributed by atoms with E-state index in [1.54, 1.807) is 42.4 Å². The van der Waals surface area contributed by atoms with Gasteiger partial charge in [-0.15, -0.1) is 5.10 Å². The van der Waals surface area contributed by atoms with Crippen molar-refractivity contribution in [1.82, 2.24) is 29.8 Å². The van der Waals surface area contributed by atoms with E-state index in [1.165, 1.54) is 4.52 Å². The molecule has 146 valence electrons. The maximum absolute atomic E-state index is 12.8. The fraction of sp³-hybridized carbons (Fsp3) is 0.421. The molecule has 3 aromatic rings. The smallest absolute Gasteiger partial charge is 0.289 e. The van der Waals surface area contributed by atoms with Crippen molar-refractivity contribution in [1.29, 1.82) is 0 Å². The van der Waals surface area contributed by atoms with Crippen LogP contribution in [-0.4, -0.2) is 68.3 Å². The summed E-state index contributed by atoms with van der Waals surface area (Å²) in [5, 5.41) is 11.3. The maximum atomic E-state index is 12.8.